The number of benzene rings is 1. The van der Waals surface area contributed by atoms with Crippen LogP contribution in [0.1, 0.15) is 69.2 Å². The molecule has 0 aromatic heterocycles. The van der Waals surface area contributed by atoms with Crippen molar-refractivity contribution in [2.24, 2.45) is 5.92 Å². The van der Waals surface area contributed by atoms with Crippen molar-refractivity contribution in [3.05, 3.63) is 29.8 Å². The quantitative estimate of drug-likeness (QED) is 0.557. The van der Waals surface area contributed by atoms with Crippen LogP contribution in [0.15, 0.2) is 24.3 Å². The van der Waals surface area contributed by atoms with E-state index in [4.69, 9.17) is 4.74 Å². The lowest BCUT2D eigenvalue weighted by atomic mass is 9.92. The van der Waals surface area contributed by atoms with E-state index in [1.807, 2.05) is 38.1 Å². The second-order valence-corrected chi connectivity index (χ2v) is 6.15. The molecule has 2 nitrogen and oxygen atoms in total. The molecule has 0 amide bonds. The highest BCUT2D eigenvalue weighted by atomic mass is 16.5. The minimum absolute atomic E-state index is 0.0989. The molecule has 1 aromatic carbocycles. The maximum absolute atomic E-state index is 12.5. The summed E-state index contributed by atoms with van der Waals surface area (Å²) in [6, 6.07) is 7.66. The first-order valence-electron chi connectivity index (χ1n) is 7.95. The smallest absolute Gasteiger partial charge is 0.166 e. The lowest BCUT2D eigenvalue weighted by Crippen LogP contribution is -2.12. The zero-order chi connectivity index (χ0) is 14.4. The van der Waals surface area contributed by atoms with Gasteiger partial charge in [0.2, 0.25) is 0 Å². The second-order valence-electron chi connectivity index (χ2n) is 6.15. The lowest BCUT2D eigenvalue weighted by Gasteiger charge is -2.16. The maximum Gasteiger partial charge on any atom is 0.166 e. The monoisotopic (exact) mass is 274 g/mol. The van der Waals surface area contributed by atoms with Crippen molar-refractivity contribution in [3.63, 3.8) is 0 Å². The van der Waals surface area contributed by atoms with Crippen molar-refractivity contribution in [3.8, 4) is 5.75 Å². The molecule has 2 heteroatoms. The molecule has 0 saturated heterocycles. The summed E-state index contributed by atoms with van der Waals surface area (Å²) in [5.41, 5.74) is 0.755. The van der Waals surface area contributed by atoms with Gasteiger partial charge in [0.15, 0.2) is 5.78 Å². The highest BCUT2D eigenvalue weighted by Gasteiger charge is 2.19. The molecule has 0 atom stereocenters. The van der Waals surface area contributed by atoms with Crippen molar-refractivity contribution < 1.29 is 9.53 Å². The number of carbonyl (C=O) groups excluding carboxylic acids is 1. The van der Waals surface area contributed by atoms with E-state index in [1.165, 1.54) is 38.5 Å². The first-order chi connectivity index (χ1) is 9.66. The number of para-hydroxylation sites is 1. The van der Waals surface area contributed by atoms with Crippen LogP contribution in [0.2, 0.25) is 0 Å². The number of ketones is 1. The van der Waals surface area contributed by atoms with E-state index in [0.29, 0.717) is 12.3 Å². The molecule has 1 aliphatic carbocycles. The van der Waals surface area contributed by atoms with Crippen LogP contribution in [-0.2, 0) is 0 Å². The van der Waals surface area contributed by atoms with Gasteiger partial charge in [-0.15, -0.1) is 0 Å². The lowest BCUT2D eigenvalue weighted by molar-refractivity contribution is 0.0951. The molecule has 0 radical (unpaired) electrons. The third-order valence-electron chi connectivity index (χ3n) is 4.00. The van der Waals surface area contributed by atoms with Gasteiger partial charge in [0, 0.05) is 6.42 Å². The molecule has 1 fully saturated rings. The third-order valence-corrected chi connectivity index (χ3v) is 4.00. The van der Waals surface area contributed by atoms with E-state index in [9.17, 15) is 4.79 Å². The average Bonchev–Trinajstić information content (AvgIpc) is 2.67. The Balaban J connectivity index is 2.04. The molecule has 0 unspecified atom stereocenters. The van der Waals surface area contributed by atoms with E-state index in [2.05, 4.69) is 0 Å². The van der Waals surface area contributed by atoms with Crippen LogP contribution in [0.5, 0.6) is 5.75 Å². The zero-order valence-corrected chi connectivity index (χ0v) is 12.7. The highest BCUT2D eigenvalue weighted by molar-refractivity contribution is 5.98. The van der Waals surface area contributed by atoms with Gasteiger partial charge in [-0.1, -0.05) is 50.7 Å². The van der Waals surface area contributed by atoms with Gasteiger partial charge in [0.1, 0.15) is 5.75 Å². The van der Waals surface area contributed by atoms with Gasteiger partial charge in [-0.05, 0) is 31.9 Å². The molecule has 1 aromatic rings. The van der Waals surface area contributed by atoms with Crippen molar-refractivity contribution in [2.45, 2.75) is 64.9 Å². The second kappa shape index (κ2) is 7.47. The summed E-state index contributed by atoms with van der Waals surface area (Å²) in [4.78, 5) is 12.5. The molecular weight excluding hydrogens is 248 g/mol. The average molecular weight is 274 g/mol. The summed E-state index contributed by atoms with van der Waals surface area (Å²) in [5.74, 6) is 1.55. The number of carbonyl (C=O) groups is 1. The van der Waals surface area contributed by atoms with Crippen molar-refractivity contribution in [1.29, 1.82) is 0 Å². The Labute approximate surface area is 122 Å². The van der Waals surface area contributed by atoms with Gasteiger partial charge >= 0.3 is 0 Å². The molecule has 20 heavy (non-hydrogen) atoms. The predicted molar refractivity (Wildman–Crippen MR) is 82.3 cm³/mol. The van der Waals surface area contributed by atoms with Crippen molar-refractivity contribution >= 4 is 5.78 Å². The Kier molecular flexibility index (Phi) is 5.63. The van der Waals surface area contributed by atoms with Gasteiger partial charge in [0.05, 0.1) is 11.7 Å². The fraction of sp³-hybridized carbons (Fsp3) is 0.611. The van der Waals surface area contributed by atoms with Gasteiger partial charge in [-0.3, -0.25) is 4.79 Å². The van der Waals surface area contributed by atoms with Crippen LogP contribution in [0.3, 0.4) is 0 Å². The standard InChI is InChI=1S/C18H26O2/c1-14(2)20-18-12-8-7-11-16(18)17(19)13-15-9-5-3-4-6-10-15/h7-8,11-12,14-15H,3-6,9-10,13H2,1-2H3. The Morgan fingerprint density at radius 1 is 1.15 bits per heavy atom. The Bertz CT molecular complexity index is 429. The molecular formula is C18H26O2. The van der Waals surface area contributed by atoms with Crippen molar-refractivity contribution in [1.82, 2.24) is 0 Å². The van der Waals surface area contributed by atoms with Crippen LogP contribution in [0.4, 0.5) is 0 Å². The Morgan fingerprint density at radius 2 is 1.80 bits per heavy atom. The van der Waals surface area contributed by atoms with Crippen LogP contribution >= 0.6 is 0 Å². The van der Waals surface area contributed by atoms with Gasteiger partial charge < -0.3 is 4.74 Å². The molecule has 1 aliphatic rings. The van der Waals surface area contributed by atoms with Crippen LogP contribution in [0, 0.1) is 5.92 Å². The molecule has 0 bridgehead atoms. The summed E-state index contributed by atoms with van der Waals surface area (Å²) in [5, 5.41) is 0. The summed E-state index contributed by atoms with van der Waals surface area (Å²) >= 11 is 0. The molecule has 2 rings (SSSR count). The highest BCUT2D eigenvalue weighted by Crippen LogP contribution is 2.29. The molecule has 0 heterocycles. The number of ether oxygens (including phenoxy) is 1. The van der Waals surface area contributed by atoms with Gasteiger partial charge in [0.25, 0.3) is 0 Å². The molecule has 0 aliphatic heterocycles. The first kappa shape index (κ1) is 15.1. The molecule has 0 spiro atoms. The minimum atomic E-state index is 0.0989. The number of Topliss-reactive ketones (excluding diaryl/α,β-unsaturated/α-hetero) is 1. The largest absolute Gasteiger partial charge is 0.490 e. The van der Waals surface area contributed by atoms with E-state index >= 15 is 0 Å². The topological polar surface area (TPSA) is 26.3 Å². The third kappa shape index (κ3) is 4.36. The van der Waals surface area contributed by atoms with E-state index < -0.39 is 0 Å². The number of rotatable bonds is 5. The summed E-state index contributed by atoms with van der Waals surface area (Å²) in [6.45, 7) is 3.99. The number of hydrogen-bond donors (Lipinski definition) is 0. The predicted octanol–water partition coefficient (Wildman–Crippen LogP) is 5.02. The van der Waals surface area contributed by atoms with Gasteiger partial charge in [-0.2, -0.15) is 0 Å². The van der Waals surface area contributed by atoms with Gasteiger partial charge in [-0.25, -0.2) is 0 Å². The minimum Gasteiger partial charge on any atom is -0.490 e. The maximum atomic E-state index is 12.5. The zero-order valence-electron chi connectivity index (χ0n) is 12.7. The Morgan fingerprint density at radius 3 is 2.45 bits per heavy atom. The fourth-order valence-electron chi connectivity index (χ4n) is 2.99. The SMILES string of the molecule is CC(C)Oc1ccccc1C(=O)CC1CCCCCC1. The van der Waals surface area contributed by atoms with E-state index in [1.54, 1.807) is 0 Å². The fourth-order valence-corrected chi connectivity index (χ4v) is 2.99. The van der Waals surface area contributed by atoms with E-state index in [0.717, 1.165) is 11.3 Å². The summed E-state index contributed by atoms with van der Waals surface area (Å²) < 4.78 is 5.76. The Hall–Kier alpha value is -1.31. The summed E-state index contributed by atoms with van der Waals surface area (Å²) in [6.07, 6.45) is 8.41. The van der Waals surface area contributed by atoms with Crippen LogP contribution in [0.25, 0.3) is 0 Å². The normalized spacial score (nSPS) is 16.9. The molecule has 1 saturated carbocycles. The number of hydrogen-bond acceptors (Lipinski definition) is 2. The van der Waals surface area contributed by atoms with E-state index in [-0.39, 0.29) is 11.9 Å². The van der Waals surface area contributed by atoms with Crippen LogP contribution < -0.4 is 4.74 Å². The first-order valence-corrected chi connectivity index (χ1v) is 7.95. The molecule has 110 valence electrons. The van der Waals surface area contributed by atoms with Crippen molar-refractivity contribution in [2.75, 3.05) is 0 Å². The molecule has 0 N–H and O–H groups in total. The van der Waals surface area contributed by atoms with Crippen LogP contribution in [-0.4, -0.2) is 11.9 Å². The summed E-state index contributed by atoms with van der Waals surface area (Å²) in [7, 11) is 0.